The Hall–Kier alpha value is -3.68. The molecule has 3 aliphatic rings. The normalized spacial score (nSPS) is 17.4. The molecule has 0 saturated heterocycles. The van der Waals surface area contributed by atoms with Gasteiger partial charge in [0.05, 0.1) is 25.9 Å². The number of rotatable bonds is 5. The molecule has 0 fully saturated rings. The van der Waals surface area contributed by atoms with E-state index < -0.39 is 0 Å². The van der Waals surface area contributed by atoms with Crippen LogP contribution in [0.5, 0.6) is 5.75 Å². The molecule has 0 unspecified atom stereocenters. The van der Waals surface area contributed by atoms with E-state index >= 15 is 0 Å². The molecule has 0 spiro atoms. The second kappa shape index (κ2) is 7.98. The molecule has 0 amide bonds. The predicted octanol–water partition coefficient (Wildman–Crippen LogP) is 2.41. The van der Waals surface area contributed by atoms with Gasteiger partial charge in [-0.25, -0.2) is 0 Å². The lowest BCUT2D eigenvalue weighted by Gasteiger charge is -2.20. The predicted molar refractivity (Wildman–Crippen MR) is 116 cm³/mol. The van der Waals surface area contributed by atoms with Gasteiger partial charge in [0.2, 0.25) is 0 Å². The molecule has 30 heavy (non-hydrogen) atoms. The molecule has 0 saturated carbocycles. The van der Waals surface area contributed by atoms with Crippen LogP contribution in [-0.4, -0.2) is 40.9 Å². The number of nitrogens with one attached hydrogen (secondary N) is 2. The number of pyridine rings is 1. The second-order valence-corrected chi connectivity index (χ2v) is 7.43. The largest absolute Gasteiger partial charge is 0.497 e. The van der Waals surface area contributed by atoms with Crippen molar-refractivity contribution in [3.8, 4) is 5.75 Å². The Labute approximate surface area is 175 Å². The molecule has 1 aromatic heterocycles. The summed E-state index contributed by atoms with van der Waals surface area (Å²) in [7, 11) is 1.68. The number of hydrogen-bond acceptors (Lipinski definition) is 8. The first-order valence-electron chi connectivity index (χ1n) is 10.0. The smallest absolute Gasteiger partial charge is 0.174 e. The Morgan fingerprint density at radius 1 is 1.10 bits per heavy atom. The Bertz CT molecular complexity index is 1050. The minimum absolute atomic E-state index is 0.622. The SMILES string of the molecule is COc1ccc(CN2CC3=C4C(=NNN=C4C(NCc4cccnc4)=N2)CC3)cc1. The van der Waals surface area contributed by atoms with E-state index in [-0.39, 0.29) is 0 Å². The van der Waals surface area contributed by atoms with Gasteiger partial charge in [0.1, 0.15) is 11.5 Å². The van der Waals surface area contributed by atoms with Gasteiger partial charge in [-0.2, -0.15) is 20.8 Å². The van der Waals surface area contributed by atoms with Gasteiger partial charge in [0.25, 0.3) is 0 Å². The van der Waals surface area contributed by atoms with Crippen LogP contribution >= 0.6 is 0 Å². The van der Waals surface area contributed by atoms with Crippen LogP contribution in [0.25, 0.3) is 0 Å². The van der Waals surface area contributed by atoms with Gasteiger partial charge in [-0.3, -0.25) is 9.99 Å². The summed E-state index contributed by atoms with van der Waals surface area (Å²) < 4.78 is 5.27. The standard InChI is InChI=1S/C22H23N7O/c1-30-18-7-4-15(5-8-18)13-29-14-17-6-9-19-20(17)21(26-28-25-19)22(27-29)24-12-16-3-2-10-23-11-16/h2-5,7-8,10-11,28H,6,9,12-14H2,1H3,(H,24,27). The van der Waals surface area contributed by atoms with E-state index in [1.54, 1.807) is 13.3 Å². The van der Waals surface area contributed by atoms with Crippen molar-refractivity contribution in [2.45, 2.75) is 25.9 Å². The molecule has 3 heterocycles. The summed E-state index contributed by atoms with van der Waals surface area (Å²) in [6.07, 6.45) is 5.55. The van der Waals surface area contributed by atoms with Crippen LogP contribution < -0.4 is 15.6 Å². The second-order valence-electron chi connectivity index (χ2n) is 7.43. The van der Waals surface area contributed by atoms with E-state index in [0.717, 1.165) is 53.5 Å². The van der Waals surface area contributed by atoms with Crippen LogP contribution in [0.2, 0.25) is 0 Å². The van der Waals surface area contributed by atoms with Gasteiger partial charge in [-0.05, 0) is 47.7 Å². The topological polar surface area (TPSA) is 86.5 Å². The van der Waals surface area contributed by atoms with Crippen molar-refractivity contribution < 1.29 is 4.74 Å². The Balaban J connectivity index is 1.44. The quantitative estimate of drug-likeness (QED) is 0.804. The third-order valence-corrected chi connectivity index (χ3v) is 5.44. The zero-order chi connectivity index (χ0) is 20.3. The average Bonchev–Trinajstić information content (AvgIpc) is 3.13. The molecule has 8 nitrogen and oxygen atoms in total. The fourth-order valence-corrected chi connectivity index (χ4v) is 3.94. The highest BCUT2D eigenvalue weighted by molar-refractivity contribution is 6.54. The molecule has 0 bridgehead atoms. The van der Waals surface area contributed by atoms with Gasteiger partial charge in [0, 0.05) is 24.5 Å². The molecule has 2 aliphatic heterocycles. The summed E-state index contributed by atoms with van der Waals surface area (Å²) in [6, 6.07) is 12.1. The van der Waals surface area contributed by atoms with E-state index in [4.69, 9.17) is 9.84 Å². The molecular formula is C22H23N7O. The molecule has 5 rings (SSSR count). The molecule has 0 atom stereocenters. The van der Waals surface area contributed by atoms with Gasteiger partial charge < -0.3 is 10.1 Å². The lowest BCUT2D eigenvalue weighted by atomic mass is 10.0. The van der Waals surface area contributed by atoms with Gasteiger partial charge >= 0.3 is 0 Å². The molecule has 0 radical (unpaired) electrons. The van der Waals surface area contributed by atoms with Crippen molar-refractivity contribution in [3.05, 3.63) is 71.1 Å². The first-order valence-corrected chi connectivity index (χ1v) is 10.0. The molecule has 2 N–H and O–H groups in total. The van der Waals surface area contributed by atoms with E-state index in [2.05, 4.69) is 43.2 Å². The summed E-state index contributed by atoms with van der Waals surface area (Å²) >= 11 is 0. The Kier molecular flexibility index (Phi) is 4.88. The summed E-state index contributed by atoms with van der Waals surface area (Å²) in [6.45, 7) is 2.08. The van der Waals surface area contributed by atoms with Crippen molar-refractivity contribution in [3.63, 3.8) is 0 Å². The Morgan fingerprint density at radius 2 is 2.00 bits per heavy atom. The molecule has 2 aromatic rings. The number of ether oxygens (including phenoxy) is 1. The lowest BCUT2D eigenvalue weighted by molar-refractivity contribution is 0.302. The van der Waals surface area contributed by atoms with E-state index in [1.165, 1.54) is 11.1 Å². The van der Waals surface area contributed by atoms with Crippen LogP contribution in [0, 0.1) is 0 Å². The molecule has 152 valence electrons. The van der Waals surface area contributed by atoms with Gasteiger partial charge in [-0.1, -0.05) is 18.2 Å². The van der Waals surface area contributed by atoms with Gasteiger partial charge in [-0.15, -0.1) is 0 Å². The fourth-order valence-electron chi connectivity index (χ4n) is 3.94. The van der Waals surface area contributed by atoms with Crippen LogP contribution in [0.15, 0.2) is 75.2 Å². The fraction of sp³-hybridized carbons (Fsp3) is 0.273. The number of benzene rings is 1. The van der Waals surface area contributed by atoms with Crippen LogP contribution in [0.4, 0.5) is 0 Å². The van der Waals surface area contributed by atoms with Crippen LogP contribution in [0.1, 0.15) is 24.0 Å². The van der Waals surface area contributed by atoms with Crippen molar-refractivity contribution >= 4 is 17.3 Å². The zero-order valence-electron chi connectivity index (χ0n) is 16.8. The van der Waals surface area contributed by atoms with E-state index in [9.17, 15) is 0 Å². The van der Waals surface area contributed by atoms with Crippen molar-refractivity contribution in [2.75, 3.05) is 13.7 Å². The van der Waals surface area contributed by atoms with Crippen molar-refractivity contribution in [1.29, 1.82) is 0 Å². The van der Waals surface area contributed by atoms with Gasteiger partial charge in [0.15, 0.2) is 5.84 Å². The number of amidine groups is 1. The highest BCUT2D eigenvalue weighted by atomic mass is 16.5. The monoisotopic (exact) mass is 401 g/mol. The number of hydrazone groups is 3. The molecule has 1 aliphatic carbocycles. The number of nitrogens with zero attached hydrogens (tertiary/aromatic N) is 5. The minimum Gasteiger partial charge on any atom is -0.497 e. The third kappa shape index (κ3) is 3.63. The van der Waals surface area contributed by atoms with E-state index in [0.29, 0.717) is 13.1 Å². The maximum Gasteiger partial charge on any atom is 0.174 e. The van der Waals surface area contributed by atoms with Crippen LogP contribution in [-0.2, 0) is 13.1 Å². The zero-order valence-corrected chi connectivity index (χ0v) is 16.8. The summed E-state index contributed by atoms with van der Waals surface area (Å²) in [5.41, 5.74) is 9.47. The number of methoxy groups -OCH3 is 1. The average molecular weight is 401 g/mol. The maximum atomic E-state index is 5.27. The number of hydrogen-bond donors (Lipinski definition) is 2. The lowest BCUT2D eigenvalue weighted by Crippen LogP contribution is -2.37. The highest BCUT2D eigenvalue weighted by Crippen LogP contribution is 2.30. The number of aromatic nitrogens is 1. The Morgan fingerprint density at radius 3 is 2.80 bits per heavy atom. The first-order chi connectivity index (χ1) is 14.8. The molecular weight excluding hydrogens is 378 g/mol. The minimum atomic E-state index is 0.622. The third-order valence-electron chi connectivity index (χ3n) is 5.44. The molecule has 1 aromatic carbocycles. The maximum absolute atomic E-state index is 5.27. The molecule has 8 heteroatoms. The summed E-state index contributed by atoms with van der Waals surface area (Å²) in [5.74, 6) is 1.60. The summed E-state index contributed by atoms with van der Waals surface area (Å²) in [5, 5.41) is 19.4. The highest BCUT2D eigenvalue weighted by Gasteiger charge is 2.33. The first kappa shape index (κ1) is 18.4. The van der Waals surface area contributed by atoms with E-state index in [1.807, 2.05) is 30.5 Å². The van der Waals surface area contributed by atoms with Crippen molar-refractivity contribution in [2.24, 2.45) is 15.3 Å². The van der Waals surface area contributed by atoms with Crippen LogP contribution in [0.3, 0.4) is 0 Å². The van der Waals surface area contributed by atoms with Crippen molar-refractivity contribution in [1.82, 2.24) is 20.8 Å². The summed E-state index contributed by atoms with van der Waals surface area (Å²) in [4.78, 5) is 4.20.